The molecule has 2 heterocycles. The van der Waals surface area contributed by atoms with Crippen molar-refractivity contribution < 1.29 is 4.79 Å². The molecule has 1 aromatic heterocycles. The molecule has 0 atom stereocenters. The molecule has 1 aliphatic heterocycles. The molecular weight excluding hydrogens is 378 g/mol. The number of thiazole rings is 1. The van der Waals surface area contributed by atoms with Crippen molar-refractivity contribution in [2.75, 3.05) is 31.1 Å². The Morgan fingerprint density at radius 2 is 1.62 bits per heavy atom. The molecule has 0 spiro atoms. The van der Waals surface area contributed by atoms with E-state index in [-0.39, 0.29) is 11.3 Å². The quantitative estimate of drug-likeness (QED) is 0.588. The van der Waals surface area contributed by atoms with Gasteiger partial charge in [-0.25, -0.2) is 4.98 Å². The summed E-state index contributed by atoms with van der Waals surface area (Å²) < 4.78 is 1.24. The van der Waals surface area contributed by atoms with Crippen LogP contribution in [0.25, 0.3) is 10.2 Å². The van der Waals surface area contributed by atoms with Crippen LogP contribution >= 0.6 is 11.3 Å². The number of benzene rings is 2. The third-order valence-corrected chi connectivity index (χ3v) is 6.99. The third kappa shape index (κ3) is 3.88. The number of nitrogens with zero attached hydrogens (tertiary/aromatic N) is 3. The Labute approximate surface area is 177 Å². The van der Waals surface area contributed by atoms with Crippen LogP contribution in [0, 0.1) is 13.8 Å². The molecule has 0 unspecified atom stereocenters. The summed E-state index contributed by atoms with van der Waals surface area (Å²) >= 11 is 1.75. The van der Waals surface area contributed by atoms with Gasteiger partial charge >= 0.3 is 0 Å². The zero-order valence-corrected chi connectivity index (χ0v) is 18.8. The van der Waals surface area contributed by atoms with Crippen molar-refractivity contribution >= 4 is 32.6 Å². The summed E-state index contributed by atoms with van der Waals surface area (Å²) in [5, 5.41) is 1.07. The number of aryl methyl sites for hydroxylation is 2. The minimum absolute atomic E-state index is 0.0986. The second kappa shape index (κ2) is 7.45. The maximum atomic E-state index is 12.9. The lowest BCUT2D eigenvalue weighted by molar-refractivity contribution is 0.0746. The van der Waals surface area contributed by atoms with Gasteiger partial charge in [0.2, 0.25) is 0 Å². The highest BCUT2D eigenvalue weighted by Crippen LogP contribution is 2.32. The van der Waals surface area contributed by atoms with E-state index in [2.05, 4.69) is 63.8 Å². The second-order valence-corrected chi connectivity index (χ2v) is 9.97. The Bertz CT molecular complexity index is 1040. The minimum atomic E-state index is 0.0986. The highest BCUT2D eigenvalue weighted by Gasteiger charge is 2.24. The van der Waals surface area contributed by atoms with Gasteiger partial charge in [0, 0.05) is 31.7 Å². The molecule has 0 aliphatic carbocycles. The number of hydrogen-bond donors (Lipinski definition) is 0. The lowest BCUT2D eigenvalue weighted by atomic mass is 9.86. The second-order valence-electron chi connectivity index (χ2n) is 8.96. The maximum absolute atomic E-state index is 12.9. The first-order valence-corrected chi connectivity index (χ1v) is 11.1. The van der Waals surface area contributed by atoms with Gasteiger partial charge in [-0.2, -0.15) is 0 Å². The minimum Gasteiger partial charge on any atom is -0.345 e. The highest BCUT2D eigenvalue weighted by molar-refractivity contribution is 7.22. The SMILES string of the molecule is Cc1ccc2sc(N3CCN(C(=O)c4ccc(C(C)(C)C)cc4)CC3)nc2c1C. The molecule has 1 fully saturated rings. The Kier molecular flexibility index (Phi) is 5.11. The van der Waals surface area contributed by atoms with Gasteiger partial charge in [0.15, 0.2) is 5.13 Å². The van der Waals surface area contributed by atoms with E-state index < -0.39 is 0 Å². The molecule has 0 N–H and O–H groups in total. The van der Waals surface area contributed by atoms with Gasteiger partial charge in [-0.1, -0.05) is 50.3 Å². The molecular formula is C24H29N3OS. The molecule has 1 amide bonds. The van der Waals surface area contributed by atoms with Gasteiger partial charge < -0.3 is 9.80 Å². The van der Waals surface area contributed by atoms with Crippen molar-refractivity contribution in [3.63, 3.8) is 0 Å². The fourth-order valence-electron chi connectivity index (χ4n) is 3.75. The van der Waals surface area contributed by atoms with Crippen LogP contribution in [0.3, 0.4) is 0 Å². The predicted octanol–water partition coefficient (Wildman–Crippen LogP) is 5.17. The van der Waals surface area contributed by atoms with Crippen LogP contribution in [0.1, 0.15) is 47.8 Å². The maximum Gasteiger partial charge on any atom is 0.253 e. The van der Waals surface area contributed by atoms with Crippen LogP contribution in [0.15, 0.2) is 36.4 Å². The van der Waals surface area contributed by atoms with Gasteiger partial charge in [0.25, 0.3) is 5.91 Å². The average Bonchev–Trinajstić information content (AvgIpc) is 3.15. The summed E-state index contributed by atoms with van der Waals surface area (Å²) in [5.41, 5.74) is 5.78. The molecule has 2 aromatic carbocycles. The molecule has 1 saturated heterocycles. The topological polar surface area (TPSA) is 36.4 Å². The Morgan fingerprint density at radius 1 is 0.966 bits per heavy atom. The molecule has 0 saturated carbocycles. The first kappa shape index (κ1) is 19.9. The smallest absolute Gasteiger partial charge is 0.253 e. The van der Waals surface area contributed by atoms with E-state index in [4.69, 9.17) is 4.98 Å². The van der Waals surface area contributed by atoms with E-state index in [1.54, 1.807) is 11.3 Å². The number of aromatic nitrogens is 1. The van der Waals surface area contributed by atoms with E-state index in [9.17, 15) is 4.79 Å². The van der Waals surface area contributed by atoms with Crippen molar-refractivity contribution in [1.29, 1.82) is 0 Å². The van der Waals surface area contributed by atoms with Crippen molar-refractivity contribution in [3.05, 3.63) is 58.7 Å². The normalized spacial score (nSPS) is 15.2. The van der Waals surface area contributed by atoms with Crippen molar-refractivity contribution in [3.8, 4) is 0 Å². The Hall–Kier alpha value is -2.40. The molecule has 4 nitrogen and oxygen atoms in total. The standard InChI is InChI=1S/C24H29N3OS/c1-16-6-11-20-21(17(16)2)25-23(29-20)27-14-12-26(13-15-27)22(28)18-7-9-19(10-8-18)24(3,4)5/h6-11H,12-15H2,1-5H3. The van der Waals surface area contributed by atoms with Crippen LogP contribution < -0.4 is 4.90 Å². The lowest BCUT2D eigenvalue weighted by Crippen LogP contribution is -2.48. The fourth-order valence-corrected chi connectivity index (χ4v) is 4.82. The van der Waals surface area contributed by atoms with Crippen molar-refractivity contribution in [1.82, 2.24) is 9.88 Å². The average molecular weight is 408 g/mol. The van der Waals surface area contributed by atoms with E-state index in [1.165, 1.54) is 21.4 Å². The number of carbonyl (C=O) groups is 1. The summed E-state index contributed by atoms with van der Waals surface area (Å²) in [6.45, 7) is 13.9. The summed E-state index contributed by atoms with van der Waals surface area (Å²) in [6.07, 6.45) is 0. The predicted molar refractivity (Wildman–Crippen MR) is 122 cm³/mol. The third-order valence-electron chi connectivity index (χ3n) is 5.91. The molecule has 3 aromatic rings. The molecule has 29 heavy (non-hydrogen) atoms. The lowest BCUT2D eigenvalue weighted by Gasteiger charge is -2.34. The molecule has 152 valence electrons. The van der Waals surface area contributed by atoms with E-state index >= 15 is 0 Å². The number of piperazine rings is 1. The highest BCUT2D eigenvalue weighted by atomic mass is 32.1. The van der Waals surface area contributed by atoms with Crippen LogP contribution in [-0.2, 0) is 5.41 Å². The van der Waals surface area contributed by atoms with E-state index in [1.807, 2.05) is 17.0 Å². The number of amides is 1. The largest absolute Gasteiger partial charge is 0.345 e. The number of carbonyl (C=O) groups excluding carboxylic acids is 1. The van der Waals surface area contributed by atoms with Crippen molar-refractivity contribution in [2.45, 2.75) is 40.0 Å². The number of rotatable bonds is 2. The first-order chi connectivity index (χ1) is 13.7. The first-order valence-electron chi connectivity index (χ1n) is 10.3. The Morgan fingerprint density at radius 3 is 2.24 bits per heavy atom. The number of fused-ring (bicyclic) bond motifs is 1. The molecule has 5 heteroatoms. The molecule has 1 aliphatic rings. The van der Waals surface area contributed by atoms with Gasteiger partial charge in [-0.05, 0) is 54.2 Å². The number of hydrogen-bond acceptors (Lipinski definition) is 4. The monoisotopic (exact) mass is 407 g/mol. The number of anilines is 1. The summed E-state index contributed by atoms with van der Waals surface area (Å²) in [7, 11) is 0. The fraction of sp³-hybridized carbons (Fsp3) is 0.417. The van der Waals surface area contributed by atoms with Gasteiger partial charge in [0.05, 0.1) is 10.2 Å². The van der Waals surface area contributed by atoms with Crippen LogP contribution in [0.4, 0.5) is 5.13 Å². The van der Waals surface area contributed by atoms with Crippen LogP contribution in [0.2, 0.25) is 0 Å². The van der Waals surface area contributed by atoms with Gasteiger partial charge in [-0.3, -0.25) is 4.79 Å². The Balaban J connectivity index is 1.44. The van der Waals surface area contributed by atoms with Crippen molar-refractivity contribution in [2.24, 2.45) is 0 Å². The van der Waals surface area contributed by atoms with Gasteiger partial charge in [0.1, 0.15) is 0 Å². The van der Waals surface area contributed by atoms with Crippen LogP contribution in [0.5, 0.6) is 0 Å². The zero-order chi connectivity index (χ0) is 20.8. The summed E-state index contributed by atoms with van der Waals surface area (Å²) in [4.78, 5) is 22.1. The van der Waals surface area contributed by atoms with E-state index in [0.29, 0.717) is 0 Å². The van der Waals surface area contributed by atoms with Crippen LogP contribution in [-0.4, -0.2) is 42.0 Å². The van der Waals surface area contributed by atoms with E-state index in [0.717, 1.165) is 42.4 Å². The van der Waals surface area contributed by atoms with Gasteiger partial charge in [-0.15, -0.1) is 0 Å². The zero-order valence-electron chi connectivity index (χ0n) is 18.0. The molecule has 4 rings (SSSR count). The summed E-state index contributed by atoms with van der Waals surface area (Å²) in [5.74, 6) is 0.126. The molecule has 0 radical (unpaired) electrons. The summed E-state index contributed by atoms with van der Waals surface area (Å²) in [6, 6.07) is 12.4. The molecule has 0 bridgehead atoms.